The summed E-state index contributed by atoms with van der Waals surface area (Å²) in [6.07, 6.45) is 3.85. The summed E-state index contributed by atoms with van der Waals surface area (Å²) in [7, 11) is -4.03. The minimum Gasteiger partial charge on any atom is -0.480 e. The molecule has 5 nitrogen and oxygen atoms in total. The molecule has 0 amide bonds. The van der Waals surface area contributed by atoms with Gasteiger partial charge in [-0.1, -0.05) is 55.0 Å². The molecule has 2 aromatic carbocycles. The standard InChI is InChI=1S/C21H25NO4S/c1-5-7-16(3)19-9-6-8-17(4)21(19)22(14-20(23)24)27(25,26)18-12-10-15(2)11-13-18/h5-13,16H,14H2,1-4H3,(H,23,24)/b7-5+. The Morgan fingerprint density at radius 1 is 1.15 bits per heavy atom. The molecular weight excluding hydrogens is 362 g/mol. The Balaban J connectivity index is 2.71. The molecule has 0 aliphatic rings. The van der Waals surface area contributed by atoms with Gasteiger partial charge in [0.05, 0.1) is 10.6 Å². The molecule has 0 aliphatic heterocycles. The lowest BCUT2D eigenvalue weighted by Gasteiger charge is -2.28. The van der Waals surface area contributed by atoms with Crippen LogP contribution in [-0.2, 0) is 14.8 Å². The molecule has 1 atom stereocenters. The van der Waals surface area contributed by atoms with Crippen molar-refractivity contribution in [3.05, 3.63) is 71.3 Å². The highest BCUT2D eigenvalue weighted by atomic mass is 32.2. The van der Waals surface area contributed by atoms with Gasteiger partial charge in [-0.25, -0.2) is 8.42 Å². The molecular formula is C21H25NO4S. The lowest BCUT2D eigenvalue weighted by molar-refractivity contribution is -0.135. The number of para-hydroxylation sites is 1. The van der Waals surface area contributed by atoms with E-state index >= 15 is 0 Å². The molecule has 1 N–H and O–H groups in total. The van der Waals surface area contributed by atoms with Crippen LogP contribution in [0.5, 0.6) is 0 Å². The number of carboxylic acids is 1. The highest BCUT2D eigenvalue weighted by Crippen LogP contribution is 2.35. The quantitative estimate of drug-likeness (QED) is 0.720. The maximum absolute atomic E-state index is 13.3. The van der Waals surface area contributed by atoms with Gasteiger partial charge >= 0.3 is 5.97 Å². The normalized spacial score (nSPS) is 12.9. The summed E-state index contributed by atoms with van der Waals surface area (Å²) in [5.41, 5.74) is 2.83. The number of anilines is 1. The zero-order chi connectivity index (χ0) is 20.2. The number of sulfonamides is 1. The van der Waals surface area contributed by atoms with E-state index in [9.17, 15) is 18.3 Å². The summed E-state index contributed by atoms with van der Waals surface area (Å²) < 4.78 is 27.6. The average molecular weight is 388 g/mol. The molecule has 0 spiro atoms. The Morgan fingerprint density at radius 3 is 2.33 bits per heavy atom. The number of carboxylic acid groups (broad SMARTS) is 1. The highest BCUT2D eigenvalue weighted by Gasteiger charge is 2.30. The maximum atomic E-state index is 13.3. The average Bonchev–Trinajstić information content (AvgIpc) is 2.60. The lowest BCUT2D eigenvalue weighted by atomic mass is 9.96. The van der Waals surface area contributed by atoms with E-state index in [0.717, 1.165) is 15.4 Å². The van der Waals surface area contributed by atoms with E-state index in [-0.39, 0.29) is 10.8 Å². The summed E-state index contributed by atoms with van der Waals surface area (Å²) in [5, 5.41) is 9.40. The number of nitrogens with zero attached hydrogens (tertiary/aromatic N) is 1. The van der Waals surface area contributed by atoms with Crippen LogP contribution in [0, 0.1) is 13.8 Å². The molecule has 27 heavy (non-hydrogen) atoms. The molecule has 0 heterocycles. The number of carbonyl (C=O) groups is 1. The van der Waals surface area contributed by atoms with E-state index in [1.54, 1.807) is 25.1 Å². The van der Waals surface area contributed by atoms with Gasteiger partial charge in [-0.05, 0) is 44.0 Å². The minimum atomic E-state index is -4.03. The van der Waals surface area contributed by atoms with Gasteiger partial charge in [-0.2, -0.15) is 0 Å². The number of benzene rings is 2. The number of allylic oxidation sites excluding steroid dienone is 2. The summed E-state index contributed by atoms with van der Waals surface area (Å²) in [6.45, 7) is 6.86. The van der Waals surface area contributed by atoms with E-state index < -0.39 is 22.5 Å². The van der Waals surface area contributed by atoms with Crippen LogP contribution in [0.25, 0.3) is 0 Å². The number of aryl methyl sites for hydroxylation is 2. The number of hydrogen-bond acceptors (Lipinski definition) is 3. The molecule has 6 heteroatoms. The van der Waals surface area contributed by atoms with Gasteiger partial charge in [-0.3, -0.25) is 9.10 Å². The fraction of sp³-hybridized carbons (Fsp3) is 0.286. The molecule has 144 valence electrons. The third-order valence-electron chi connectivity index (χ3n) is 4.38. The fourth-order valence-electron chi connectivity index (χ4n) is 3.03. The zero-order valence-corrected chi connectivity index (χ0v) is 16.8. The van der Waals surface area contributed by atoms with Gasteiger partial charge in [-0.15, -0.1) is 0 Å². The van der Waals surface area contributed by atoms with Gasteiger partial charge in [0.15, 0.2) is 0 Å². The van der Waals surface area contributed by atoms with Gasteiger partial charge in [0.1, 0.15) is 6.54 Å². The van der Waals surface area contributed by atoms with Gasteiger partial charge in [0.2, 0.25) is 0 Å². The largest absolute Gasteiger partial charge is 0.480 e. The number of hydrogen-bond donors (Lipinski definition) is 1. The SMILES string of the molecule is C/C=C/C(C)c1cccc(C)c1N(CC(=O)O)S(=O)(=O)c1ccc(C)cc1. The summed E-state index contributed by atoms with van der Waals surface area (Å²) in [5.74, 6) is -1.27. The van der Waals surface area contributed by atoms with Crippen LogP contribution in [0.15, 0.2) is 59.5 Å². The predicted octanol–water partition coefficient (Wildman–Crippen LogP) is 4.26. The molecule has 0 fully saturated rings. The van der Waals surface area contributed by atoms with Crippen LogP contribution in [-0.4, -0.2) is 26.0 Å². The molecule has 0 aromatic heterocycles. The number of aliphatic carboxylic acids is 1. The van der Waals surface area contributed by atoms with Crippen molar-refractivity contribution in [3.8, 4) is 0 Å². The predicted molar refractivity (Wildman–Crippen MR) is 108 cm³/mol. The minimum absolute atomic E-state index is 0.0607. The third kappa shape index (κ3) is 4.57. The fourth-order valence-corrected chi connectivity index (χ4v) is 4.53. The Hall–Kier alpha value is -2.60. The van der Waals surface area contributed by atoms with Gasteiger partial charge in [0.25, 0.3) is 10.0 Å². The van der Waals surface area contributed by atoms with Crippen LogP contribution in [0.2, 0.25) is 0 Å². The third-order valence-corrected chi connectivity index (χ3v) is 6.14. The topological polar surface area (TPSA) is 74.7 Å². The van der Waals surface area contributed by atoms with Crippen LogP contribution in [0.1, 0.15) is 36.5 Å². The number of rotatable bonds is 7. The summed E-state index contributed by atoms with van der Waals surface area (Å²) in [6, 6.07) is 11.9. The van der Waals surface area contributed by atoms with Crippen LogP contribution in [0.4, 0.5) is 5.69 Å². The summed E-state index contributed by atoms with van der Waals surface area (Å²) >= 11 is 0. The molecule has 1 unspecified atom stereocenters. The second-order valence-corrected chi connectivity index (χ2v) is 8.41. The van der Waals surface area contributed by atoms with E-state index in [0.29, 0.717) is 11.3 Å². The van der Waals surface area contributed by atoms with Crippen molar-refractivity contribution >= 4 is 21.7 Å². The monoisotopic (exact) mass is 387 g/mol. The van der Waals surface area contributed by atoms with Crippen molar-refractivity contribution in [3.63, 3.8) is 0 Å². The molecule has 2 aromatic rings. The van der Waals surface area contributed by atoms with Gasteiger partial charge in [0, 0.05) is 5.92 Å². The Kier molecular flexibility index (Phi) is 6.44. The molecule has 0 saturated carbocycles. The van der Waals surface area contributed by atoms with E-state index in [2.05, 4.69) is 0 Å². The first-order valence-electron chi connectivity index (χ1n) is 8.72. The van der Waals surface area contributed by atoms with Crippen molar-refractivity contribution in [1.29, 1.82) is 0 Å². The zero-order valence-electron chi connectivity index (χ0n) is 16.0. The van der Waals surface area contributed by atoms with Crippen molar-refractivity contribution in [2.45, 2.75) is 38.5 Å². The Bertz CT molecular complexity index is 947. The smallest absolute Gasteiger partial charge is 0.324 e. The van der Waals surface area contributed by atoms with Crippen LogP contribution in [0.3, 0.4) is 0 Å². The Labute approximate surface area is 161 Å². The highest BCUT2D eigenvalue weighted by molar-refractivity contribution is 7.92. The Morgan fingerprint density at radius 2 is 1.78 bits per heavy atom. The molecule has 0 bridgehead atoms. The van der Waals surface area contributed by atoms with E-state index in [1.165, 1.54) is 12.1 Å². The van der Waals surface area contributed by atoms with Crippen molar-refractivity contribution in [2.75, 3.05) is 10.8 Å². The first kappa shape index (κ1) is 20.7. The van der Waals surface area contributed by atoms with Crippen molar-refractivity contribution in [2.24, 2.45) is 0 Å². The van der Waals surface area contributed by atoms with E-state index in [1.807, 2.05) is 45.1 Å². The van der Waals surface area contributed by atoms with E-state index in [4.69, 9.17) is 0 Å². The lowest BCUT2D eigenvalue weighted by Crippen LogP contribution is -2.37. The van der Waals surface area contributed by atoms with Gasteiger partial charge < -0.3 is 5.11 Å². The maximum Gasteiger partial charge on any atom is 0.324 e. The first-order chi connectivity index (χ1) is 12.7. The second kappa shape index (κ2) is 8.39. The molecule has 0 aliphatic carbocycles. The van der Waals surface area contributed by atoms with Crippen LogP contribution >= 0.6 is 0 Å². The molecule has 0 radical (unpaired) electrons. The second-order valence-electron chi connectivity index (χ2n) is 6.55. The van der Waals surface area contributed by atoms with Crippen molar-refractivity contribution in [1.82, 2.24) is 0 Å². The van der Waals surface area contributed by atoms with Crippen molar-refractivity contribution < 1.29 is 18.3 Å². The molecule has 2 rings (SSSR count). The summed E-state index contributed by atoms with van der Waals surface area (Å²) in [4.78, 5) is 11.6. The van der Waals surface area contributed by atoms with Crippen LogP contribution < -0.4 is 4.31 Å². The molecule has 0 saturated heterocycles. The first-order valence-corrected chi connectivity index (χ1v) is 10.2.